The lowest BCUT2D eigenvalue weighted by molar-refractivity contribution is 0.206. The van der Waals surface area contributed by atoms with Crippen molar-refractivity contribution in [2.45, 2.75) is 19.9 Å². The average molecular weight is 286 g/mol. The van der Waals surface area contributed by atoms with Crippen molar-refractivity contribution >= 4 is 40.5 Å². The number of anilines is 1. The molecule has 1 aromatic rings. The second-order valence-electron chi connectivity index (χ2n) is 4.13. The van der Waals surface area contributed by atoms with Crippen molar-refractivity contribution in [1.82, 2.24) is 4.90 Å². The lowest BCUT2D eigenvalue weighted by Crippen LogP contribution is -2.44. The summed E-state index contributed by atoms with van der Waals surface area (Å²) in [6.07, 6.45) is 0. The number of halogens is 1. The lowest BCUT2D eigenvalue weighted by atomic mass is 10.3. The van der Waals surface area contributed by atoms with Crippen LogP contribution in [0.3, 0.4) is 0 Å². The Labute approximate surface area is 117 Å². The molecule has 0 fully saturated rings. The van der Waals surface area contributed by atoms with Crippen molar-refractivity contribution in [1.29, 1.82) is 0 Å². The molecule has 0 radical (unpaired) electrons. The summed E-state index contributed by atoms with van der Waals surface area (Å²) in [5.74, 6) is 0. The fourth-order valence-electron chi connectivity index (χ4n) is 1.39. The molecule has 0 aliphatic rings. The molecular formula is C12H16ClN3OS. The van der Waals surface area contributed by atoms with Gasteiger partial charge in [0.05, 0.1) is 11.5 Å². The summed E-state index contributed by atoms with van der Waals surface area (Å²) in [7, 11) is 0. The second-order valence-corrected chi connectivity index (χ2v) is 5.09. The van der Waals surface area contributed by atoms with Crippen LogP contribution in [0, 0.1) is 0 Å². The predicted molar refractivity (Wildman–Crippen MR) is 79.1 cm³/mol. The number of amides is 2. The summed E-state index contributed by atoms with van der Waals surface area (Å²) in [6, 6.07) is 6.67. The summed E-state index contributed by atoms with van der Waals surface area (Å²) in [5, 5.41) is 3.39. The summed E-state index contributed by atoms with van der Waals surface area (Å²) in [4.78, 5) is 13.9. The van der Waals surface area contributed by atoms with Gasteiger partial charge in [-0.2, -0.15) is 0 Å². The molecule has 6 heteroatoms. The molecule has 0 atom stereocenters. The number of rotatable bonds is 4. The van der Waals surface area contributed by atoms with Crippen LogP contribution < -0.4 is 11.1 Å². The highest BCUT2D eigenvalue weighted by Gasteiger charge is 2.17. The summed E-state index contributed by atoms with van der Waals surface area (Å²) in [6.45, 7) is 4.06. The highest BCUT2D eigenvalue weighted by molar-refractivity contribution is 7.80. The zero-order valence-corrected chi connectivity index (χ0v) is 11.9. The Kier molecular flexibility index (Phi) is 5.37. The summed E-state index contributed by atoms with van der Waals surface area (Å²) < 4.78 is 0. The predicted octanol–water partition coefficient (Wildman–Crippen LogP) is 2.87. The highest BCUT2D eigenvalue weighted by Crippen LogP contribution is 2.14. The van der Waals surface area contributed by atoms with Crippen LogP contribution in [0.2, 0.25) is 5.02 Å². The van der Waals surface area contributed by atoms with Gasteiger partial charge < -0.3 is 16.0 Å². The zero-order valence-electron chi connectivity index (χ0n) is 10.3. The Hall–Kier alpha value is -1.33. The molecule has 4 nitrogen and oxygen atoms in total. The SMILES string of the molecule is CC(C)N(CC(N)=S)C(=O)Nc1ccc(Cl)cc1. The van der Waals surface area contributed by atoms with Crippen LogP contribution in [-0.4, -0.2) is 28.5 Å². The van der Waals surface area contributed by atoms with Crippen molar-refractivity contribution in [3.05, 3.63) is 29.3 Å². The van der Waals surface area contributed by atoms with Crippen LogP contribution in [0.25, 0.3) is 0 Å². The van der Waals surface area contributed by atoms with Gasteiger partial charge in [-0.05, 0) is 38.1 Å². The van der Waals surface area contributed by atoms with E-state index in [2.05, 4.69) is 5.32 Å². The van der Waals surface area contributed by atoms with Gasteiger partial charge in [-0.1, -0.05) is 23.8 Å². The number of thiocarbonyl (C=S) groups is 1. The average Bonchev–Trinajstić information content (AvgIpc) is 2.28. The van der Waals surface area contributed by atoms with Crippen molar-refractivity contribution in [2.75, 3.05) is 11.9 Å². The number of nitrogens with two attached hydrogens (primary N) is 1. The number of urea groups is 1. The molecule has 2 amide bonds. The molecule has 98 valence electrons. The van der Waals surface area contributed by atoms with E-state index >= 15 is 0 Å². The fourth-order valence-corrected chi connectivity index (χ4v) is 1.65. The molecule has 0 aliphatic carbocycles. The third kappa shape index (κ3) is 4.50. The Balaban J connectivity index is 2.72. The third-order valence-electron chi connectivity index (χ3n) is 2.31. The Morgan fingerprint density at radius 3 is 2.44 bits per heavy atom. The molecule has 1 rings (SSSR count). The number of nitrogens with zero attached hydrogens (tertiary/aromatic N) is 1. The van der Waals surface area contributed by atoms with Crippen molar-refractivity contribution in [3.63, 3.8) is 0 Å². The number of hydrogen-bond acceptors (Lipinski definition) is 2. The van der Waals surface area contributed by atoms with Crippen LogP contribution in [0.5, 0.6) is 0 Å². The maximum atomic E-state index is 12.0. The first-order chi connectivity index (χ1) is 8.40. The first-order valence-electron chi connectivity index (χ1n) is 5.51. The van der Waals surface area contributed by atoms with Gasteiger partial charge in [0.15, 0.2) is 0 Å². The number of nitrogens with one attached hydrogen (secondary N) is 1. The molecule has 0 saturated carbocycles. The van der Waals surface area contributed by atoms with Gasteiger partial charge in [-0.25, -0.2) is 4.79 Å². The molecule has 0 unspecified atom stereocenters. The molecule has 0 spiro atoms. The van der Waals surface area contributed by atoms with Gasteiger partial charge in [-0.3, -0.25) is 0 Å². The van der Waals surface area contributed by atoms with Gasteiger partial charge in [0.1, 0.15) is 0 Å². The molecule has 0 saturated heterocycles. The third-order valence-corrected chi connectivity index (χ3v) is 2.69. The molecular weight excluding hydrogens is 270 g/mol. The van der Waals surface area contributed by atoms with E-state index in [-0.39, 0.29) is 23.6 Å². The minimum absolute atomic E-state index is 0.0128. The van der Waals surface area contributed by atoms with Crippen LogP contribution in [0.15, 0.2) is 24.3 Å². The van der Waals surface area contributed by atoms with Crippen molar-refractivity contribution < 1.29 is 4.79 Å². The van der Waals surface area contributed by atoms with Gasteiger partial charge in [0, 0.05) is 16.8 Å². The van der Waals surface area contributed by atoms with E-state index in [4.69, 9.17) is 29.6 Å². The highest BCUT2D eigenvalue weighted by atomic mass is 35.5. The van der Waals surface area contributed by atoms with Crippen LogP contribution in [-0.2, 0) is 0 Å². The summed E-state index contributed by atoms with van der Waals surface area (Å²) in [5.41, 5.74) is 6.15. The van der Waals surface area contributed by atoms with Gasteiger partial charge in [0.25, 0.3) is 0 Å². The van der Waals surface area contributed by atoms with Crippen molar-refractivity contribution in [3.8, 4) is 0 Å². The molecule has 3 N–H and O–H groups in total. The van der Waals surface area contributed by atoms with E-state index in [1.165, 1.54) is 0 Å². The molecule has 0 heterocycles. The molecule has 1 aromatic carbocycles. The molecule has 0 aromatic heterocycles. The molecule has 0 aliphatic heterocycles. The van der Waals surface area contributed by atoms with E-state index in [0.29, 0.717) is 10.7 Å². The first-order valence-corrected chi connectivity index (χ1v) is 6.30. The second kappa shape index (κ2) is 6.56. The van der Waals surface area contributed by atoms with Crippen LogP contribution >= 0.6 is 23.8 Å². The zero-order chi connectivity index (χ0) is 13.7. The molecule has 18 heavy (non-hydrogen) atoms. The van der Waals surface area contributed by atoms with Gasteiger partial charge in [0.2, 0.25) is 0 Å². The van der Waals surface area contributed by atoms with E-state index in [1.54, 1.807) is 29.2 Å². The van der Waals surface area contributed by atoms with E-state index in [9.17, 15) is 4.79 Å². The summed E-state index contributed by atoms with van der Waals surface area (Å²) >= 11 is 10.6. The lowest BCUT2D eigenvalue weighted by Gasteiger charge is -2.26. The number of carbonyl (C=O) groups is 1. The maximum absolute atomic E-state index is 12.0. The minimum Gasteiger partial charge on any atom is -0.392 e. The Bertz CT molecular complexity index is 433. The minimum atomic E-state index is -0.236. The van der Waals surface area contributed by atoms with Gasteiger partial charge >= 0.3 is 6.03 Å². The smallest absolute Gasteiger partial charge is 0.322 e. The van der Waals surface area contributed by atoms with Crippen molar-refractivity contribution in [2.24, 2.45) is 5.73 Å². The maximum Gasteiger partial charge on any atom is 0.322 e. The van der Waals surface area contributed by atoms with E-state index in [1.807, 2.05) is 13.8 Å². The van der Waals surface area contributed by atoms with E-state index < -0.39 is 0 Å². The number of benzene rings is 1. The Morgan fingerprint density at radius 2 is 2.00 bits per heavy atom. The fraction of sp³-hybridized carbons (Fsp3) is 0.333. The normalized spacial score (nSPS) is 10.2. The van der Waals surface area contributed by atoms with Crippen LogP contribution in [0.1, 0.15) is 13.8 Å². The number of hydrogen-bond donors (Lipinski definition) is 2. The Morgan fingerprint density at radius 1 is 1.44 bits per heavy atom. The monoisotopic (exact) mass is 285 g/mol. The first kappa shape index (κ1) is 14.7. The van der Waals surface area contributed by atoms with Crippen LogP contribution in [0.4, 0.5) is 10.5 Å². The van der Waals surface area contributed by atoms with E-state index in [0.717, 1.165) is 0 Å². The largest absolute Gasteiger partial charge is 0.392 e. The molecule has 0 bridgehead atoms. The van der Waals surface area contributed by atoms with Gasteiger partial charge in [-0.15, -0.1) is 0 Å². The quantitative estimate of drug-likeness (QED) is 0.837. The number of carbonyl (C=O) groups excluding carboxylic acids is 1. The topological polar surface area (TPSA) is 58.4 Å². The standard InChI is InChI=1S/C12H16ClN3OS/c1-8(2)16(7-11(14)18)12(17)15-10-5-3-9(13)4-6-10/h3-6,8H,7H2,1-2H3,(H2,14,18)(H,15,17).